The summed E-state index contributed by atoms with van der Waals surface area (Å²) in [6, 6.07) is 4.75. The maximum Gasteiger partial charge on any atom is 0.376 e. The zero-order chi connectivity index (χ0) is 21.8. The summed E-state index contributed by atoms with van der Waals surface area (Å²) in [4.78, 5) is 34.6. The average Bonchev–Trinajstić information content (AvgIpc) is 2.72. The van der Waals surface area contributed by atoms with E-state index in [1.165, 1.54) is 19.4 Å². The highest BCUT2D eigenvalue weighted by molar-refractivity contribution is 9.10. The van der Waals surface area contributed by atoms with Crippen molar-refractivity contribution in [3.05, 3.63) is 85.3 Å². The van der Waals surface area contributed by atoms with Gasteiger partial charge in [-0.05, 0) is 41.1 Å². The van der Waals surface area contributed by atoms with Crippen LogP contribution in [0.4, 0.5) is 8.78 Å². The molecule has 10 heteroatoms. The molecule has 3 aromatic rings. The van der Waals surface area contributed by atoms with Gasteiger partial charge in [0.2, 0.25) is 5.82 Å². The zero-order valence-corrected chi connectivity index (χ0v) is 17.5. The van der Waals surface area contributed by atoms with Crippen molar-refractivity contribution in [2.24, 2.45) is 0 Å². The number of aryl methyl sites for hydroxylation is 1. The molecule has 0 aliphatic heterocycles. The van der Waals surface area contributed by atoms with Crippen LogP contribution in [0.3, 0.4) is 0 Å². The third-order valence-corrected chi connectivity index (χ3v) is 4.97. The van der Waals surface area contributed by atoms with E-state index < -0.39 is 23.2 Å². The van der Waals surface area contributed by atoms with E-state index in [1.807, 2.05) is 0 Å². The van der Waals surface area contributed by atoms with Crippen LogP contribution in [0.2, 0.25) is 0 Å². The van der Waals surface area contributed by atoms with Gasteiger partial charge >= 0.3 is 5.97 Å². The molecule has 1 aromatic carbocycles. The molecule has 3 rings (SSSR count). The van der Waals surface area contributed by atoms with Crippen molar-refractivity contribution < 1.29 is 23.0 Å². The Labute approximate surface area is 178 Å². The quantitative estimate of drug-likeness (QED) is 0.544. The summed E-state index contributed by atoms with van der Waals surface area (Å²) in [6.07, 6.45) is 1.61. The van der Waals surface area contributed by atoms with Gasteiger partial charge in [-0.15, -0.1) is 0 Å². The number of halogens is 3. The molecule has 156 valence electrons. The molecule has 30 heavy (non-hydrogen) atoms. The molecule has 0 saturated carbocycles. The second kappa shape index (κ2) is 9.12. The summed E-state index contributed by atoms with van der Waals surface area (Å²) >= 11 is 3.20. The van der Waals surface area contributed by atoms with Crippen molar-refractivity contribution in [2.75, 3.05) is 7.11 Å². The Kier molecular flexibility index (Phi) is 6.56. The number of H-pyrrole nitrogens is 1. The third kappa shape index (κ3) is 4.70. The van der Waals surface area contributed by atoms with Gasteiger partial charge in [-0.25, -0.2) is 23.5 Å². The molecule has 0 radical (unpaired) electrons. The van der Waals surface area contributed by atoms with Gasteiger partial charge < -0.3 is 14.5 Å². The average molecular weight is 480 g/mol. The van der Waals surface area contributed by atoms with Crippen LogP contribution in [0.5, 0.6) is 5.75 Å². The fourth-order valence-electron chi connectivity index (χ4n) is 2.72. The summed E-state index contributed by atoms with van der Waals surface area (Å²) in [5.74, 6) is -2.05. The van der Waals surface area contributed by atoms with Crippen LogP contribution in [0.25, 0.3) is 0 Å². The summed E-state index contributed by atoms with van der Waals surface area (Å²) in [7, 11) is 1.22. The second-order valence-corrected chi connectivity index (χ2v) is 7.06. The highest BCUT2D eigenvalue weighted by atomic mass is 79.9. The van der Waals surface area contributed by atoms with E-state index in [0.29, 0.717) is 17.0 Å². The van der Waals surface area contributed by atoms with Crippen molar-refractivity contribution in [2.45, 2.75) is 20.0 Å². The first-order chi connectivity index (χ1) is 14.3. The molecular formula is C20H16BrF2N3O4. The molecule has 0 fully saturated rings. The van der Waals surface area contributed by atoms with Gasteiger partial charge in [0.05, 0.1) is 7.11 Å². The Morgan fingerprint density at radius 2 is 2.03 bits per heavy atom. The predicted octanol–water partition coefficient (Wildman–Crippen LogP) is 3.47. The van der Waals surface area contributed by atoms with E-state index in [9.17, 15) is 18.4 Å². The monoisotopic (exact) mass is 479 g/mol. The molecule has 0 amide bonds. The van der Waals surface area contributed by atoms with Gasteiger partial charge in [0.25, 0.3) is 5.56 Å². The lowest BCUT2D eigenvalue weighted by Gasteiger charge is -2.16. The standard InChI is InChI=1S/C20H16BrF2N3O4/c1-10-14(8-13-5-6-24-18(26-13)20(28)29-2)17(16(21)19(27)25-10)30-9-11-3-4-12(22)7-15(11)23/h3-7H,8-9H2,1-2H3,(H,25,27). The van der Waals surface area contributed by atoms with Gasteiger partial charge in [0, 0.05) is 41.2 Å². The number of ether oxygens (including phenoxy) is 2. The minimum atomic E-state index is -0.757. The molecule has 0 bridgehead atoms. The topological polar surface area (TPSA) is 94.2 Å². The summed E-state index contributed by atoms with van der Waals surface area (Å²) in [6.45, 7) is 1.45. The van der Waals surface area contributed by atoms with Gasteiger partial charge in [-0.2, -0.15) is 0 Å². The number of nitrogens with one attached hydrogen (secondary N) is 1. The van der Waals surface area contributed by atoms with Gasteiger partial charge in [-0.3, -0.25) is 4.79 Å². The molecule has 0 unspecified atom stereocenters. The van der Waals surface area contributed by atoms with Crippen LogP contribution in [-0.2, 0) is 17.8 Å². The molecule has 1 N–H and O–H groups in total. The molecule has 0 atom stereocenters. The van der Waals surface area contributed by atoms with Gasteiger partial charge in [0.1, 0.15) is 28.5 Å². The smallest absolute Gasteiger partial charge is 0.376 e. The van der Waals surface area contributed by atoms with Gasteiger partial charge in [0.15, 0.2) is 0 Å². The van der Waals surface area contributed by atoms with E-state index in [4.69, 9.17) is 4.74 Å². The number of benzene rings is 1. The van der Waals surface area contributed by atoms with Crippen molar-refractivity contribution >= 4 is 21.9 Å². The number of esters is 1. The summed E-state index contributed by atoms with van der Waals surface area (Å²) in [5.41, 5.74) is 1.26. The summed E-state index contributed by atoms with van der Waals surface area (Å²) < 4.78 is 37.6. The largest absolute Gasteiger partial charge is 0.487 e. The van der Waals surface area contributed by atoms with Crippen LogP contribution in [0.1, 0.15) is 33.1 Å². The molecule has 2 aromatic heterocycles. The van der Waals surface area contributed by atoms with E-state index in [1.54, 1.807) is 13.0 Å². The molecule has 2 heterocycles. The van der Waals surface area contributed by atoms with E-state index in [-0.39, 0.29) is 34.6 Å². The first kappa shape index (κ1) is 21.6. The highest BCUT2D eigenvalue weighted by Gasteiger charge is 2.19. The minimum Gasteiger partial charge on any atom is -0.487 e. The number of aromatic nitrogens is 3. The molecule has 7 nitrogen and oxygen atoms in total. The lowest BCUT2D eigenvalue weighted by molar-refractivity contribution is 0.0586. The van der Waals surface area contributed by atoms with Crippen LogP contribution in [0.15, 0.2) is 39.7 Å². The number of rotatable bonds is 6. The van der Waals surface area contributed by atoms with Crippen molar-refractivity contribution in [3.63, 3.8) is 0 Å². The van der Waals surface area contributed by atoms with Crippen LogP contribution < -0.4 is 10.3 Å². The predicted molar refractivity (Wildman–Crippen MR) is 106 cm³/mol. The molecule has 0 aliphatic carbocycles. The first-order valence-electron chi connectivity index (χ1n) is 8.68. The number of methoxy groups -OCH3 is 1. The van der Waals surface area contributed by atoms with E-state index in [0.717, 1.165) is 12.1 Å². The Morgan fingerprint density at radius 1 is 1.27 bits per heavy atom. The lowest BCUT2D eigenvalue weighted by Crippen LogP contribution is -2.15. The maximum atomic E-state index is 14.0. The summed E-state index contributed by atoms with van der Waals surface area (Å²) in [5, 5.41) is 0. The minimum absolute atomic E-state index is 0.105. The number of hydrogen-bond donors (Lipinski definition) is 1. The van der Waals surface area contributed by atoms with Crippen LogP contribution in [0, 0.1) is 18.6 Å². The van der Waals surface area contributed by atoms with Gasteiger partial charge in [-0.1, -0.05) is 0 Å². The van der Waals surface area contributed by atoms with Crippen molar-refractivity contribution in [1.82, 2.24) is 15.0 Å². The number of hydrogen-bond acceptors (Lipinski definition) is 6. The Balaban J connectivity index is 1.96. The van der Waals surface area contributed by atoms with Crippen LogP contribution >= 0.6 is 15.9 Å². The SMILES string of the molecule is COC(=O)c1nccc(Cc2c(C)[nH]c(=O)c(Br)c2OCc2ccc(F)cc2F)n1. The third-order valence-electron chi connectivity index (χ3n) is 4.25. The molecule has 0 spiro atoms. The Bertz CT molecular complexity index is 1170. The fraction of sp³-hybridized carbons (Fsp3) is 0.200. The fourth-order valence-corrected chi connectivity index (χ4v) is 3.18. The van der Waals surface area contributed by atoms with Crippen molar-refractivity contribution in [3.8, 4) is 5.75 Å². The first-order valence-corrected chi connectivity index (χ1v) is 9.47. The lowest BCUT2D eigenvalue weighted by atomic mass is 10.1. The van der Waals surface area contributed by atoms with E-state index >= 15 is 0 Å². The number of carbonyl (C=O) groups excluding carboxylic acids is 1. The normalized spacial score (nSPS) is 10.7. The number of pyridine rings is 1. The van der Waals surface area contributed by atoms with Crippen LogP contribution in [-0.4, -0.2) is 28.0 Å². The number of carbonyl (C=O) groups is 1. The number of nitrogens with zero attached hydrogens (tertiary/aromatic N) is 2. The Hall–Kier alpha value is -3.14. The second-order valence-electron chi connectivity index (χ2n) is 6.27. The maximum absolute atomic E-state index is 14.0. The molecule has 0 aliphatic rings. The molecular weight excluding hydrogens is 464 g/mol. The van der Waals surface area contributed by atoms with E-state index in [2.05, 4.69) is 35.6 Å². The van der Waals surface area contributed by atoms with Crippen molar-refractivity contribution in [1.29, 1.82) is 0 Å². The zero-order valence-electron chi connectivity index (χ0n) is 16.0. The number of aromatic amines is 1. The highest BCUT2D eigenvalue weighted by Crippen LogP contribution is 2.30. The molecule has 0 saturated heterocycles. The Morgan fingerprint density at radius 3 is 2.73 bits per heavy atom.